The second kappa shape index (κ2) is 11.9. The molecule has 3 rings (SSSR count). The molecule has 0 unspecified atom stereocenters. The van der Waals surface area contributed by atoms with Crippen molar-refractivity contribution in [1.29, 1.82) is 0 Å². The lowest BCUT2D eigenvalue weighted by Gasteiger charge is -2.22. The Balaban J connectivity index is 1.72. The van der Waals surface area contributed by atoms with E-state index in [1.165, 1.54) is 23.6 Å². The molecule has 6 nitrogen and oxygen atoms in total. The van der Waals surface area contributed by atoms with Crippen molar-refractivity contribution < 1.29 is 13.2 Å². The predicted molar refractivity (Wildman–Crippen MR) is 128 cm³/mol. The molecule has 1 N–H and O–H groups in total. The Morgan fingerprint density at radius 2 is 1.56 bits per heavy atom. The number of nitrogens with one attached hydrogen (secondary N) is 1. The summed E-state index contributed by atoms with van der Waals surface area (Å²) in [6, 6.07) is 16.4. The van der Waals surface area contributed by atoms with Crippen LogP contribution in [0.15, 0.2) is 64.6 Å². The van der Waals surface area contributed by atoms with E-state index in [-0.39, 0.29) is 18.0 Å². The van der Waals surface area contributed by atoms with E-state index >= 15 is 0 Å². The van der Waals surface area contributed by atoms with Gasteiger partial charge in [-0.2, -0.15) is 9.41 Å². The van der Waals surface area contributed by atoms with Crippen molar-refractivity contribution in [2.75, 3.05) is 13.1 Å². The number of sulfonamides is 1. The van der Waals surface area contributed by atoms with E-state index in [0.717, 1.165) is 42.5 Å². The monoisotopic (exact) mass is 455 g/mol. The molecule has 0 saturated heterocycles. The van der Waals surface area contributed by atoms with Crippen LogP contribution < -0.4 is 5.43 Å². The zero-order valence-corrected chi connectivity index (χ0v) is 19.6. The molecule has 0 bridgehead atoms. The maximum Gasteiger partial charge on any atom is 0.255 e. The Hall–Kier alpha value is -2.51. The molecule has 0 radical (unpaired) electrons. The number of carbonyl (C=O) groups is 1. The lowest BCUT2D eigenvalue weighted by atomic mass is 9.99. The van der Waals surface area contributed by atoms with Crippen molar-refractivity contribution in [3.05, 3.63) is 65.7 Å². The summed E-state index contributed by atoms with van der Waals surface area (Å²) in [4.78, 5) is 12.9. The van der Waals surface area contributed by atoms with Gasteiger partial charge in [0, 0.05) is 12.3 Å². The molecule has 0 aromatic heterocycles. The first kappa shape index (κ1) is 24.1. The van der Waals surface area contributed by atoms with Gasteiger partial charge in [0.15, 0.2) is 0 Å². The zero-order valence-electron chi connectivity index (χ0n) is 18.8. The standard InChI is InChI=1S/C25H33N3O3S/c1-21-14-16-24(17-15-21)32(30,31)28(19-18-22-10-6-5-7-11-22)20-25(29)27-26-23-12-8-3-2-4-9-13-23/h5-7,10-11,14-17H,2-4,8-9,12-13,18-20H2,1H3,(H,27,29). The second-order valence-corrected chi connectivity index (χ2v) is 10.3. The van der Waals surface area contributed by atoms with Crippen LogP contribution in [0.25, 0.3) is 0 Å². The quantitative estimate of drug-likeness (QED) is 0.598. The molecule has 0 spiro atoms. The summed E-state index contributed by atoms with van der Waals surface area (Å²) in [5.41, 5.74) is 5.60. The van der Waals surface area contributed by atoms with E-state index in [2.05, 4.69) is 10.5 Å². The zero-order chi connectivity index (χ0) is 22.8. The first-order chi connectivity index (χ1) is 15.4. The maximum absolute atomic E-state index is 13.3. The lowest BCUT2D eigenvalue weighted by molar-refractivity contribution is -0.121. The van der Waals surface area contributed by atoms with Gasteiger partial charge < -0.3 is 0 Å². The molecule has 1 amide bonds. The van der Waals surface area contributed by atoms with Crippen LogP contribution in [-0.2, 0) is 21.2 Å². The van der Waals surface area contributed by atoms with Gasteiger partial charge in [-0.3, -0.25) is 4.79 Å². The summed E-state index contributed by atoms with van der Waals surface area (Å²) in [5, 5.41) is 4.32. The molecule has 32 heavy (non-hydrogen) atoms. The van der Waals surface area contributed by atoms with Gasteiger partial charge in [-0.25, -0.2) is 13.8 Å². The Morgan fingerprint density at radius 1 is 0.938 bits per heavy atom. The van der Waals surface area contributed by atoms with Crippen molar-refractivity contribution in [3.63, 3.8) is 0 Å². The molecule has 1 fully saturated rings. The predicted octanol–water partition coefficient (Wildman–Crippen LogP) is 4.44. The van der Waals surface area contributed by atoms with Crippen molar-refractivity contribution in [1.82, 2.24) is 9.73 Å². The van der Waals surface area contributed by atoms with Crippen LogP contribution in [0.3, 0.4) is 0 Å². The third kappa shape index (κ3) is 7.28. The molecule has 1 saturated carbocycles. The van der Waals surface area contributed by atoms with Gasteiger partial charge in [-0.15, -0.1) is 0 Å². The molecule has 0 heterocycles. The van der Waals surface area contributed by atoms with Gasteiger partial charge in [0.25, 0.3) is 5.91 Å². The summed E-state index contributed by atoms with van der Waals surface area (Å²) in [6.45, 7) is 1.86. The highest BCUT2D eigenvalue weighted by Gasteiger charge is 2.26. The lowest BCUT2D eigenvalue weighted by Crippen LogP contribution is -2.40. The number of aryl methyl sites for hydroxylation is 1. The fraction of sp³-hybridized carbons (Fsp3) is 0.440. The van der Waals surface area contributed by atoms with Gasteiger partial charge in [0.2, 0.25) is 10.0 Å². The molecule has 172 valence electrons. The average molecular weight is 456 g/mol. The van der Waals surface area contributed by atoms with E-state index in [0.29, 0.717) is 6.42 Å². The van der Waals surface area contributed by atoms with E-state index < -0.39 is 15.9 Å². The van der Waals surface area contributed by atoms with Crippen molar-refractivity contribution >= 4 is 21.6 Å². The third-order valence-corrected chi connectivity index (χ3v) is 7.60. The fourth-order valence-corrected chi connectivity index (χ4v) is 5.20. The van der Waals surface area contributed by atoms with Crippen molar-refractivity contribution in [2.45, 2.75) is 63.2 Å². The largest absolute Gasteiger partial charge is 0.272 e. The van der Waals surface area contributed by atoms with E-state index in [1.54, 1.807) is 24.3 Å². The van der Waals surface area contributed by atoms with E-state index in [9.17, 15) is 13.2 Å². The summed E-state index contributed by atoms with van der Waals surface area (Å²) < 4.78 is 27.8. The Labute approximate surface area is 191 Å². The highest BCUT2D eigenvalue weighted by molar-refractivity contribution is 7.89. The summed E-state index contributed by atoms with van der Waals surface area (Å²) in [6.07, 6.45) is 8.10. The first-order valence-corrected chi connectivity index (χ1v) is 12.8. The van der Waals surface area contributed by atoms with Gasteiger partial charge in [0.05, 0.1) is 11.4 Å². The molecule has 7 heteroatoms. The van der Waals surface area contributed by atoms with Crippen LogP contribution in [0.1, 0.15) is 56.1 Å². The van der Waals surface area contributed by atoms with Gasteiger partial charge in [-0.05, 0) is 56.7 Å². The Morgan fingerprint density at radius 3 is 2.22 bits per heavy atom. The molecular weight excluding hydrogens is 422 g/mol. The maximum atomic E-state index is 13.3. The molecule has 2 aromatic rings. The topological polar surface area (TPSA) is 78.8 Å². The number of nitrogens with zero attached hydrogens (tertiary/aromatic N) is 2. The Kier molecular flexibility index (Phi) is 9.00. The normalized spacial score (nSPS) is 15.1. The Bertz CT molecular complexity index is 992. The van der Waals surface area contributed by atoms with E-state index in [4.69, 9.17) is 0 Å². The summed E-state index contributed by atoms with van der Waals surface area (Å²) >= 11 is 0. The van der Waals surface area contributed by atoms with Crippen LogP contribution in [0.4, 0.5) is 0 Å². The minimum Gasteiger partial charge on any atom is -0.272 e. The number of rotatable bonds is 8. The highest BCUT2D eigenvalue weighted by Crippen LogP contribution is 2.18. The molecule has 0 atom stereocenters. The minimum absolute atomic E-state index is 0.190. The van der Waals surface area contributed by atoms with Crippen LogP contribution in [-0.4, -0.2) is 37.4 Å². The summed E-state index contributed by atoms with van der Waals surface area (Å²) in [5.74, 6) is -0.414. The van der Waals surface area contributed by atoms with E-state index in [1.807, 2.05) is 37.3 Å². The smallest absolute Gasteiger partial charge is 0.255 e. The van der Waals surface area contributed by atoms with Gasteiger partial charge in [-0.1, -0.05) is 67.3 Å². The molecule has 2 aromatic carbocycles. The van der Waals surface area contributed by atoms with Crippen LogP contribution in [0, 0.1) is 6.92 Å². The molecule has 1 aliphatic carbocycles. The van der Waals surface area contributed by atoms with Gasteiger partial charge in [0.1, 0.15) is 0 Å². The molecule has 1 aliphatic rings. The number of benzene rings is 2. The number of carbonyl (C=O) groups excluding carboxylic acids is 1. The van der Waals surface area contributed by atoms with Crippen molar-refractivity contribution in [3.8, 4) is 0 Å². The van der Waals surface area contributed by atoms with Crippen LogP contribution in [0.5, 0.6) is 0 Å². The van der Waals surface area contributed by atoms with Crippen LogP contribution in [0.2, 0.25) is 0 Å². The SMILES string of the molecule is Cc1ccc(S(=O)(=O)N(CCc2ccccc2)CC(=O)NN=C2CCCCCCC2)cc1. The van der Waals surface area contributed by atoms with Crippen molar-refractivity contribution in [2.24, 2.45) is 5.10 Å². The van der Waals surface area contributed by atoms with Crippen LogP contribution >= 0.6 is 0 Å². The molecular formula is C25H33N3O3S. The third-order valence-electron chi connectivity index (χ3n) is 5.74. The minimum atomic E-state index is -3.81. The average Bonchev–Trinajstić information content (AvgIpc) is 2.77. The second-order valence-electron chi connectivity index (χ2n) is 8.37. The number of hydrogen-bond donors (Lipinski definition) is 1. The van der Waals surface area contributed by atoms with Gasteiger partial charge >= 0.3 is 0 Å². The fourth-order valence-electron chi connectivity index (χ4n) is 3.80. The number of amides is 1. The highest BCUT2D eigenvalue weighted by atomic mass is 32.2. The number of hydrogen-bond acceptors (Lipinski definition) is 4. The molecule has 0 aliphatic heterocycles. The first-order valence-electron chi connectivity index (χ1n) is 11.4. The number of hydrazone groups is 1. The summed E-state index contributed by atoms with van der Waals surface area (Å²) in [7, 11) is -3.81.